The van der Waals surface area contributed by atoms with Crippen LogP contribution in [0.1, 0.15) is 10.4 Å². The van der Waals surface area contributed by atoms with Crippen LogP contribution in [0.25, 0.3) is 0 Å². The Morgan fingerprint density at radius 3 is 2.33 bits per heavy atom. The van der Waals surface area contributed by atoms with Gasteiger partial charge in [0.05, 0.1) is 16.3 Å². The molecule has 0 heterocycles. The number of sulfonamides is 1. The minimum Gasteiger partial charge on any atom is -0.369 e. The number of benzene rings is 3. The molecule has 0 aliphatic carbocycles. The first-order valence-corrected chi connectivity index (χ1v) is 11.3. The number of amides is 2. The smallest absolute Gasteiger partial charge is 0.261 e. The van der Waals surface area contributed by atoms with Gasteiger partial charge in [0.1, 0.15) is 0 Å². The van der Waals surface area contributed by atoms with Gasteiger partial charge in [-0.1, -0.05) is 36.4 Å². The van der Waals surface area contributed by atoms with Crippen LogP contribution in [0.15, 0.2) is 88.7 Å². The van der Waals surface area contributed by atoms with Crippen molar-refractivity contribution in [3.05, 3.63) is 84.4 Å². The van der Waals surface area contributed by atoms with E-state index in [0.717, 1.165) is 0 Å². The number of rotatable bonds is 8. The van der Waals surface area contributed by atoms with Crippen molar-refractivity contribution in [1.29, 1.82) is 0 Å². The molecule has 0 unspecified atom stereocenters. The van der Waals surface area contributed by atoms with Crippen LogP contribution in [-0.4, -0.2) is 26.0 Å². The third-order valence-corrected chi connectivity index (χ3v) is 6.43. The molecule has 3 rings (SSSR count). The van der Waals surface area contributed by atoms with E-state index in [4.69, 9.17) is 5.73 Å². The molecule has 0 fully saturated rings. The fourth-order valence-corrected chi connectivity index (χ4v) is 4.39. The fraction of sp³-hybridized carbons (Fsp3) is 0.0476. The summed E-state index contributed by atoms with van der Waals surface area (Å²) in [6, 6.07) is 21.2. The van der Waals surface area contributed by atoms with E-state index in [9.17, 15) is 18.0 Å². The van der Waals surface area contributed by atoms with Crippen LogP contribution in [0.4, 0.5) is 11.4 Å². The zero-order valence-electron chi connectivity index (χ0n) is 15.7. The topological polar surface area (TPSA) is 118 Å². The minimum atomic E-state index is -3.77. The summed E-state index contributed by atoms with van der Waals surface area (Å²) < 4.78 is 27.5. The van der Waals surface area contributed by atoms with Crippen molar-refractivity contribution in [1.82, 2.24) is 0 Å². The van der Waals surface area contributed by atoms with Crippen molar-refractivity contribution in [2.45, 2.75) is 9.79 Å². The van der Waals surface area contributed by atoms with Gasteiger partial charge in [0.15, 0.2) is 0 Å². The van der Waals surface area contributed by atoms with E-state index in [0.29, 0.717) is 10.6 Å². The SMILES string of the molecule is NC(=O)CSc1ccccc1NC(=O)c1cccc(NS(=O)(=O)c2ccccc2)c1. The monoisotopic (exact) mass is 441 g/mol. The van der Waals surface area contributed by atoms with E-state index >= 15 is 0 Å². The van der Waals surface area contributed by atoms with Crippen molar-refractivity contribution in [2.75, 3.05) is 15.8 Å². The Morgan fingerprint density at radius 1 is 0.900 bits per heavy atom. The molecular weight excluding hydrogens is 422 g/mol. The van der Waals surface area contributed by atoms with E-state index < -0.39 is 21.8 Å². The average molecular weight is 442 g/mol. The summed E-state index contributed by atoms with van der Waals surface area (Å²) >= 11 is 1.22. The van der Waals surface area contributed by atoms with Crippen molar-refractivity contribution in [3.63, 3.8) is 0 Å². The first-order chi connectivity index (χ1) is 14.3. The van der Waals surface area contributed by atoms with Gasteiger partial charge in [0.2, 0.25) is 5.91 Å². The largest absolute Gasteiger partial charge is 0.369 e. The van der Waals surface area contributed by atoms with E-state index in [-0.39, 0.29) is 21.9 Å². The number of carbonyl (C=O) groups excluding carboxylic acids is 2. The van der Waals surface area contributed by atoms with Crippen molar-refractivity contribution >= 4 is 45.0 Å². The predicted octanol–water partition coefficient (Wildman–Crippen LogP) is 3.32. The first-order valence-electron chi connectivity index (χ1n) is 8.84. The Hall–Kier alpha value is -3.30. The lowest BCUT2D eigenvalue weighted by molar-refractivity contribution is -0.115. The van der Waals surface area contributed by atoms with E-state index in [1.165, 1.54) is 30.0 Å². The highest BCUT2D eigenvalue weighted by atomic mass is 32.2. The zero-order chi connectivity index (χ0) is 21.6. The van der Waals surface area contributed by atoms with Gasteiger partial charge in [-0.3, -0.25) is 14.3 Å². The Labute approximate surface area is 178 Å². The molecule has 0 aromatic heterocycles. The number of anilines is 2. The third-order valence-electron chi connectivity index (χ3n) is 3.94. The Kier molecular flexibility index (Phi) is 6.76. The Bertz CT molecular complexity index is 1170. The third kappa shape index (κ3) is 5.62. The highest BCUT2D eigenvalue weighted by molar-refractivity contribution is 8.00. The van der Waals surface area contributed by atoms with Crippen LogP contribution < -0.4 is 15.8 Å². The quantitative estimate of drug-likeness (QED) is 0.464. The number of nitrogens with two attached hydrogens (primary N) is 1. The zero-order valence-corrected chi connectivity index (χ0v) is 17.4. The lowest BCUT2D eigenvalue weighted by Gasteiger charge is -2.12. The molecule has 0 saturated carbocycles. The molecule has 9 heteroatoms. The predicted molar refractivity (Wildman–Crippen MR) is 118 cm³/mol. The van der Waals surface area contributed by atoms with Gasteiger partial charge in [-0.05, 0) is 42.5 Å². The van der Waals surface area contributed by atoms with E-state index in [2.05, 4.69) is 10.0 Å². The summed E-state index contributed by atoms with van der Waals surface area (Å²) in [6.45, 7) is 0. The maximum absolute atomic E-state index is 12.7. The molecule has 0 atom stereocenters. The van der Waals surface area contributed by atoms with Crippen LogP contribution in [0, 0.1) is 0 Å². The number of hydrogen-bond acceptors (Lipinski definition) is 5. The molecule has 0 bridgehead atoms. The molecule has 0 spiro atoms. The minimum absolute atomic E-state index is 0.0869. The van der Waals surface area contributed by atoms with Crippen LogP contribution in [0.2, 0.25) is 0 Å². The van der Waals surface area contributed by atoms with Gasteiger partial charge in [0, 0.05) is 16.1 Å². The number of thioether (sulfide) groups is 1. The van der Waals surface area contributed by atoms with Gasteiger partial charge < -0.3 is 11.1 Å². The average Bonchev–Trinajstić information content (AvgIpc) is 2.73. The maximum Gasteiger partial charge on any atom is 0.261 e. The van der Waals surface area contributed by atoms with Crippen LogP contribution >= 0.6 is 11.8 Å². The van der Waals surface area contributed by atoms with Crippen molar-refractivity contribution in [3.8, 4) is 0 Å². The highest BCUT2D eigenvalue weighted by Crippen LogP contribution is 2.27. The molecule has 0 saturated heterocycles. The molecule has 4 N–H and O–H groups in total. The van der Waals surface area contributed by atoms with Gasteiger partial charge in [-0.25, -0.2) is 8.42 Å². The van der Waals surface area contributed by atoms with E-state index in [1.807, 2.05) is 0 Å². The maximum atomic E-state index is 12.7. The van der Waals surface area contributed by atoms with Crippen molar-refractivity contribution < 1.29 is 18.0 Å². The molecule has 30 heavy (non-hydrogen) atoms. The van der Waals surface area contributed by atoms with Crippen molar-refractivity contribution in [2.24, 2.45) is 5.73 Å². The number of para-hydroxylation sites is 1. The number of primary amides is 1. The molecule has 154 valence electrons. The van der Waals surface area contributed by atoms with Crippen LogP contribution in [-0.2, 0) is 14.8 Å². The summed E-state index contributed by atoms with van der Waals surface area (Å²) in [4.78, 5) is 24.6. The van der Waals surface area contributed by atoms with Gasteiger partial charge in [-0.15, -0.1) is 11.8 Å². The number of hydrogen-bond donors (Lipinski definition) is 3. The Balaban J connectivity index is 1.77. The second kappa shape index (κ2) is 9.47. The molecule has 0 aliphatic heterocycles. The molecular formula is C21H19N3O4S2. The first kappa shape index (κ1) is 21.4. The van der Waals surface area contributed by atoms with Gasteiger partial charge >= 0.3 is 0 Å². The molecule has 7 nitrogen and oxygen atoms in total. The van der Waals surface area contributed by atoms with E-state index in [1.54, 1.807) is 60.7 Å². The summed E-state index contributed by atoms with van der Waals surface area (Å²) in [5.41, 5.74) is 6.26. The standard InChI is InChI=1S/C21H19N3O4S2/c22-20(25)14-29-19-12-5-4-11-18(19)23-21(26)15-7-6-8-16(13-15)24-30(27,28)17-9-2-1-3-10-17/h1-13,24H,14H2,(H2,22,25)(H,23,26). The normalized spacial score (nSPS) is 10.9. The summed E-state index contributed by atoms with van der Waals surface area (Å²) in [5.74, 6) is -0.786. The number of carbonyl (C=O) groups is 2. The summed E-state index contributed by atoms with van der Waals surface area (Å²) in [6.07, 6.45) is 0. The Morgan fingerprint density at radius 2 is 1.60 bits per heavy atom. The molecule has 3 aromatic rings. The van der Waals surface area contributed by atoms with Crippen LogP contribution in [0.5, 0.6) is 0 Å². The number of nitrogens with one attached hydrogen (secondary N) is 2. The summed E-state index contributed by atoms with van der Waals surface area (Å²) in [7, 11) is -3.77. The lowest BCUT2D eigenvalue weighted by atomic mass is 10.2. The van der Waals surface area contributed by atoms with Crippen LogP contribution in [0.3, 0.4) is 0 Å². The van der Waals surface area contributed by atoms with Gasteiger partial charge in [0.25, 0.3) is 15.9 Å². The molecule has 2 amide bonds. The second-order valence-corrected chi connectivity index (χ2v) is 8.90. The van der Waals surface area contributed by atoms with Gasteiger partial charge in [-0.2, -0.15) is 0 Å². The molecule has 0 radical (unpaired) electrons. The fourth-order valence-electron chi connectivity index (χ4n) is 2.58. The lowest BCUT2D eigenvalue weighted by Crippen LogP contribution is -2.16. The summed E-state index contributed by atoms with van der Waals surface area (Å²) in [5, 5.41) is 2.78. The second-order valence-electron chi connectivity index (χ2n) is 6.20. The molecule has 0 aliphatic rings. The molecule has 3 aromatic carbocycles. The highest BCUT2D eigenvalue weighted by Gasteiger charge is 2.15.